The summed E-state index contributed by atoms with van der Waals surface area (Å²) in [5.74, 6) is -0.136. The van der Waals surface area contributed by atoms with Gasteiger partial charge < -0.3 is 10.3 Å². The number of para-hydroxylation sites is 1. The number of nitrogens with one attached hydrogen (secondary N) is 2. The molecule has 2 aromatic rings. The summed E-state index contributed by atoms with van der Waals surface area (Å²) in [6.07, 6.45) is 1.42. The second-order valence-electron chi connectivity index (χ2n) is 3.85. The highest BCUT2D eigenvalue weighted by atomic mass is 32.2. The first-order valence-corrected chi connectivity index (χ1v) is 6.61. The molecule has 0 radical (unpaired) electrons. The van der Waals surface area contributed by atoms with Crippen LogP contribution in [-0.4, -0.2) is 21.1 Å². The zero-order valence-corrected chi connectivity index (χ0v) is 11.1. The Morgan fingerprint density at radius 2 is 2.05 bits per heavy atom. The third-order valence-electron chi connectivity index (χ3n) is 2.35. The molecule has 0 aliphatic rings. The van der Waals surface area contributed by atoms with E-state index in [1.54, 1.807) is 6.92 Å². The molecule has 0 aliphatic carbocycles. The van der Waals surface area contributed by atoms with Gasteiger partial charge in [0.15, 0.2) is 5.16 Å². The molecule has 2 rings (SSSR count). The van der Waals surface area contributed by atoms with Crippen molar-refractivity contribution in [1.29, 1.82) is 0 Å². The fraction of sp³-hybridized carbons (Fsp3) is 0.154. The minimum Gasteiger partial charge on any atom is -0.325 e. The van der Waals surface area contributed by atoms with Crippen LogP contribution in [-0.2, 0) is 4.79 Å². The van der Waals surface area contributed by atoms with Crippen LogP contribution < -0.4 is 10.9 Å². The Balaban J connectivity index is 1.98. The Bertz CT molecular complexity index is 613. The number of amides is 1. The number of rotatable bonds is 4. The Hall–Kier alpha value is -2.08. The molecule has 5 nitrogen and oxygen atoms in total. The number of aromatic nitrogens is 2. The molecule has 6 heteroatoms. The molecule has 0 unspecified atom stereocenters. The van der Waals surface area contributed by atoms with Crippen molar-refractivity contribution in [2.45, 2.75) is 17.3 Å². The molecular weight excluding hydrogens is 262 g/mol. The van der Waals surface area contributed by atoms with Gasteiger partial charge in [-0.05, 0) is 19.1 Å². The Kier molecular flexibility index (Phi) is 4.35. The van der Waals surface area contributed by atoms with E-state index in [4.69, 9.17) is 0 Å². The smallest absolute Gasteiger partial charge is 0.251 e. The van der Waals surface area contributed by atoms with Gasteiger partial charge in [0.1, 0.15) is 0 Å². The molecule has 0 spiro atoms. The molecule has 2 N–H and O–H groups in total. The first-order chi connectivity index (χ1) is 9.15. The lowest BCUT2D eigenvalue weighted by atomic mass is 10.3. The van der Waals surface area contributed by atoms with Crippen LogP contribution in [0.25, 0.3) is 0 Å². The molecule has 0 saturated heterocycles. The highest BCUT2D eigenvalue weighted by molar-refractivity contribution is 8.00. The summed E-state index contributed by atoms with van der Waals surface area (Å²) in [5, 5.41) is 2.87. The quantitative estimate of drug-likeness (QED) is 0.660. The van der Waals surface area contributed by atoms with Gasteiger partial charge in [0.25, 0.3) is 5.56 Å². The maximum atomic E-state index is 11.9. The molecule has 1 amide bonds. The van der Waals surface area contributed by atoms with E-state index in [1.165, 1.54) is 24.0 Å². The number of carbonyl (C=O) groups excluding carboxylic acids is 1. The summed E-state index contributed by atoms with van der Waals surface area (Å²) in [5.41, 5.74) is 0.516. The maximum Gasteiger partial charge on any atom is 0.251 e. The number of H-pyrrole nitrogens is 1. The standard InChI is InChI=1S/C13H13N3O2S/c1-9(19-13-14-8-7-11(17)16-13)12(18)15-10-5-3-2-4-6-10/h2-9H,1H3,(H,15,18)(H,14,16,17)/t9-/m1/s1. The van der Waals surface area contributed by atoms with Gasteiger partial charge in [-0.3, -0.25) is 9.59 Å². The number of hydrogen-bond acceptors (Lipinski definition) is 4. The van der Waals surface area contributed by atoms with Gasteiger partial charge in [0.2, 0.25) is 5.91 Å². The van der Waals surface area contributed by atoms with Crippen molar-refractivity contribution in [1.82, 2.24) is 9.97 Å². The molecule has 98 valence electrons. The fourth-order valence-electron chi connectivity index (χ4n) is 1.40. The van der Waals surface area contributed by atoms with Crippen molar-refractivity contribution in [3.05, 3.63) is 52.9 Å². The third-order valence-corrected chi connectivity index (χ3v) is 3.35. The van der Waals surface area contributed by atoms with Gasteiger partial charge in [-0.15, -0.1) is 0 Å². The van der Waals surface area contributed by atoms with Crippen molar-refractivity contribution in [2.24, 2.45) is 0 Å². The molecule has 1 heterocycles. The van der Waals surface area contributed by atoms with E-state index in [0.717, 1.165) is 5.69 Å². The minimum absolute atomic E-state index is 0.136. The largest absolute Gasteiger partial charge is 0.325 e. The van der Waals surface area contributed by atoms with Crippen LogP contribution in [0, 0.1) is 0 Å². The Morgan fingerprint density at radius 1 is 1.32 bits per heavy atom. The van der Waals surface area contributed by atoms with Crippen LogP contribution in [0.2, 0.25) is 0 Å². The first kappa shape index (κ1) is 13.4. The number of anilines is 1. The van der Waals surface area contributed by atoms with E-state index in [0.29, 0.717) is 5.16 Å². The molecule has 0 aliphatic heterocycles. The molecule has 0 fully saturated rings. The number of hydrogen-bond donors (Lipinski definition) is 2. The SMILES string of the molecule is C[C@@H](Sc1nccc(=O)[nH]1)C(=O)Nc1ccccc1. The van der Waals surface area contributed by atoms with Crippen molar-refractivity contribution < 1.29 is 4.79 Å². The van der Waals surface area contributed by atoms with Crippen LogP contribution in [0.15, 0.2) is 52.5 Å². The first-order valence-electron chi connectivity index (χ1n) is 5.73. The Morgan fingerprint density at radius 3 is 2.74 bits per heavy atom. The maximum absolute atomic E-state index is 11.9. The number of thioether (sulfide) groups is 1. The zero-order valence-electron chi connectivity index (χ0n) is 10.3. The van der Waals surface area contributed by atoms with Gasteiger partial charge in [-0.25, -0.2) is 4.98 Å². The topological polar surface area (TPSA) is 74.8 Å². The number of carbonyl (C=O) groups is 1. The normalized spacial score (nSPS) is 11.8. The molecule has 1 atom stereocenters. The zero-order chi connectivity index (χ0) is 13.7. The van der Waals surface area contributed by atoms with Gasteiger partial charge in [0, 0.05) is 18.0 Å². The highest BCUT2D eigenvalue weighted by Crippen LogP contribution is 2.19. The predicted octanol–water partition coefficient (Wildman–Crippen LogP) is 1.89. The summed E-state index contributed by atoms with van der Waals surface area (Å²) >= 11 is 1.21. The van der Waals surface area contributed by atoms with Gasteiger partial charge in [-0.1, -0.05) is 30.0 Å². The number of nitrogens with zero attached hydrogens (tertiary/aromatic N) is 1. The molecule has 0 bridgehead atoms. The monoisotopic (exact) mass is 275 g/mol. The summed E-state index contributed by atoms with van der Waals surface area (Å²) < 4.78 is 0. The van der Waals surface area contributed by atoms with E-state index >= 15 is 0 Å². The lowest BCUT2D eigenvalue weighted by molar-refractivity contribution is -0.115. The van der Waals surface area contributed by atoms with E-state index in [9.17, 15) is 9.59 Å². The van der Waals surface area contributed by atoms with E-state index in [2.05, 4.69) is 15.3 Å². The Labute approximate surface area is 114 Å². The van der Waals surface area contributed by atoms with Gasteiger partial charge in [-0.2, -0.15) is 0 Å². The van der Waals surface area contributed by atoms with Crippen molar-refractivity contribution >= 4 is 23.4 Å². The van der Waals surface area contributed by atoms with Crippen LogP contribution in [0.5, 0.6) is 0 Å². The van der Waals surface area contributed by atoms with Gasteiger partial charge in [0.05, 0.1) is 5.25 Å². The average molecular weight is 275 g/mol. The summed E-state index contributed by atoms with van der Waals surface area (Å²) in [4.78, 5) is 29.6. The average Bonchev–Trinajstić information content (AvgIpc) is 2.40. The second kappa shape index (κ2) is 6.19. The summed E-state index contributed by atoms with van der Waals surface area (Å²) in [6.45, 7) is 1.76. The van der Waals surface area contributed by atoms with E-state index in [-0.39, 0.29) is 16.7 Å². The highest BCUT2D eigenvalue weighted by Gasteiger charge is 2.15. The molecule has 1 aromatic carbocycles. The predicted molar refractivity (Wildman–Crippen MR) is 75.2 cm³/mol. The van der Waals surface area contributed by atoms with Crippen molar-refractivity contribution in [2.75, 3.05) is 5.32 Å². The lowest BCUT2D eigenvalue weighted by Gasteiger charge is -2.10. The summed E-state index contributed by atoms with van der Waals surface area (Å²) in [6, 6.07) is 10.5. The summed E-state index contributed by atoms with van der Waals surface area (Å²) in [7, 11) is 0. The minimum atomic E-state index is -0.356. The lowest BCUT2D eigenvalue weighted by Crippen LogP contribution is -2.23. The fourth-order valence-corrected chi connectivity index (χ4v) is 2.18. The molecule has 0 saturated carbocycles. The van der Waals surface area contributed by atoms with E-state index < -0.39 is 0 Å². The van der Waals surface area contributed by atoms with Crippen molar-refractivity contribution in [3.8, 4) is 0 Å². The molecule has 1 aromatic heterocycles. The molecular formula is C13H13N3O2S. The second-order valence-corrected chi connectivity index (χ2v) is 5.18. The van der Waals surface area contributed by atoms with Gasteiger partial charge >= 0.3 is 0 Å². The van der Waals surface area contributed by atoms with E-state index in [1.807, 2.05) is 30.3 Å². The number of benzene rings is 1. The molecule has 19 heavy (non-hydrogen) atoms. The van der Waals surface area contributed by atoms with Crippen LogP contribution in [0.1, 0.15) is 6.92 Å². The van der Waals surface area contributed by atoms with Crippen LogP contribution in [0.3, 0.4) is 0 Å². The third kappa shape index (κ3) is 3.96. The van der Waals surface area contributed by atoms with Crippen molar-refractivity contribution in [3.63, 3.8) is 0 Å². The van der Waals surface area contributed by atoms with Crippen LogP contribution in [0.4, 0.5) is 5.69 Å². The number of aromatic amines is 1. The van der Waals surface area contributed by atoms with Crippen LogP contribution >= 0.6 is 11.8 Å².